The van der Waals surface area contributed by atoms with Gasteiger partial charge >= 0.3 is 0 Å². The van der Waals surface area contributed by atoms with E-state index in [1.807, 2.05) is 42.7 Å². The molecule has 1 N–H and O–H groups in total. The Morgan fingerprint density at radius 1 is 1.05 bits per heavy atom. The van der Waals surface area contributed by atoms with Gasteiger partial charge in [-0.15, -0.1) is 11.3 Å². The number of aromatic nitrogens is 2. The van der Waals surface area contributed by atoms with Crippen LogP contribution in [0.1, 0.15) is 4.88 Å². The highest BCUT2D eigenvalue weighted by Gasteiger charge is 2.05. The zero-order chi connectivity index (χ0) is 14.7. The van der Waals surface area contributed by atoms with Crippen molar-refractivity contribution in [2.75, 3.05) is 5.32 Å². The normalized spacial score (nSPS) is 10.6. The summed E-state index contributed by atoms with van der Waals surface area (Å²) in [5.74, 6) is 0.739. The van der Waals surface area contributed by atoms with Crippen LogP contribution in [-0.4, -0.2) is 9.97 Å². The standard InChI is InChI=1S/C15H11Br2N3S/c16-13-6-12(21-14(13)17)9-18-11-7-19-15(20-8-11)10-4-2-1-3-5-10/h1-8,18H,9H2. The number of thiophene rings is 1. The Morgan fingerprint density at radius 3 is 2.38 bits per heavy atom. The lowest BCUT2D eigenvalue weighted by molar-refractivity contribution is 1.12. The number of anilines is 1. The maximum Gasteiger partial charge on any atom is 0.159 e. The summed E-state index contributed by atoms with van der Waals surface area (Å²) >= 11 is 8.69. The van der Waals surface area contributed by atoms with E-state index in [-0.39, 0.29) is 0 Å². The molecule has 0 aliphatic carbocycles. The molecule has 0 radical (unpaired) electrons. The van der Waals surface area contributed by atoms with E-state index in [0.717, 1.165) is 31.9 Å². The van der Waals surface area contributed by atoms with Crippen LogP contribution in [0.15, 0.2) is 57.1 Å². The third-order valence-corrected chi connectivity index (χ3v) is 6.10. The average Bonchev–Trinajstić information content (AvgIpc) is 2.85. The molecule has 0 saturated heterocycles. The van der Waals surface area contributed by atoms with Gasteiger partial charge in [0.25, 0.3) is 0 Å². The van der Waals surface area contributed by atoms with Crippen molar-refractivity contribution >= 4 is 48.9 Å². The smallest absolute Gasteiger partial charge is 0.159 e. The van der Waals surface area contributed by atoms with Gasteiger partial charge in [-0.05, 0) is 37.9 Å². The SMILES string of the molecule is Brc1cc(CNc2cnc(-c3ccccc3)nc2)sc1Br. The number of hydrogen-bond donors (Lipinski definition) is 1. The molecule has 6 heteroatoms. The van der Waals surface area contributed by atoms with Crippen LogP contribution in [0.3, 0.4) is 0 Å². The van der Waals surface area contributed by atoms with Crippen molar-refractivity contribution in [2.24, 2.45) is 0 Å². The molecule has 2 heterocycles. The van der Waals surface area contributed by atoms with Crippen molar-refractivity contribution in [3.63, 3.8) is 0 Å². The lowest BCUT2D eigenvalue weighted by Crippen LogP contribution is -1.99. The average molecular weight is 425 g/mol. The molecule has 0 bridgehead atoms. The van der Waals surface area contributed by atoms with E-state index >= 15 is 0 Å². The second-order valence-electron chi connectivity index (χ2n) is 4.35. The predicted octanol–water partition coefficient (Wildman–Crippen LogP) is 5.34. The van der Waals surface area contributed by atoms with E-state index in [9.17, 15) is 0 Å². The summed E-state index contributed by atoms with van der Waals surface area (Å²) in [7, 11) is 0. The van der Waals surface area contributed by atoms with Gasteiger partial charge in [-0.25, -0.2) is 9.97 Å². The van der Waals surface area contributed by atoms with Crippen molar-refractivity contribution in [1.29, 1.82) is 0 Å². The predicted molar refractivity (Wildman–Crippen MR) is 94.5 cm³/mol. The molecule has 21 heavy (non-hydrogen) atoms. The minimum absolute atomic E-state index is 0.739. The highest BCUT2D eigenvalue weighted by atomic mass is 79.9. The van der Waals surface area contributed by atoms with E-state index in [1.54, 1.807) is 11.3 Å². The maximum atomic E-state index is 4.40. The minimum atomic E-state index is 0.739. The Balaban J connectivity index is 1.67. The molecule has 3 aromatic rings. The van der Waals surface area contributed by atoms with Crippen LogP contribution in [0.2, 0.25) is 0 Å². The van der Waals surface area contributed by atoms with E-state index < -0.39 is 0 Å². The van der Waals surface area contributed by atoms with Gasteiger partial charge in [0.05, 0.1) is 21.9 Å². The van der Waals surface area contributed by atoms with E-state index in [2.05, 4.69) is 53.2 Å². The summed E-state index contributed by atoms with van der Waals surface area (Å²) in [6.07, 6.45) is 3.63. The largest absolute Gasteiger partial charge is 0.378 e. The molecule has 1 aromatic carbocycles. The summed E-state index contributed by atoms with van der Waals surface area (Å²) < 4.78 is 2.19. The molecule has 0 saturated carbocycles. The molecule has 3 rings (SSSR count). The van der Waals surface area contributed by atoms with Gasteiger partial charge in [-0.2, -0.15) is 0 Å². The van der Waals surface area contributed by atoms with Gasteiger partial charge in [0, 0.05) is 21.5 Å². The van der Waals surface area contributed by atoms with E-state index in [4.69, 9.17) is 0 Å². The third-order valence-electron chi connectivity index (χ3n) is 2.85. The minimum Gasteiger partial charge on any atom is -0.378 e. The van der Waals surface area contributed by atoms with Gasteiger partial charge < -0.3 is 5.32 Å². The van der Waals surface area contributed by atoms with Crippen molar-refractivity contribution in [3.8, 4) is 11.4 Å². The second kappa shape index (κ2) is 6.68. The highest BCUT2D eigenvalue weighted by Crippen LogP contribution is 2.32. The zero-order valence-corrected chi connectivity index (χ0v) is 14.9. The number of nitrogens with zero attached hydrogens (tertiary/aromatic N) is 2. The molecule has 2 aromatic heterocycles. The Kier molecular flexibility index (Phi) is 4.67. The Hall–Kier alpha value is -1.24. The monoisotopic (exact) mass is 423 g/mol. The van der Waals surface area contributed by atoms with Crippen LogP contribution in [-0.2, 0) is 6.54 Å². The molecule has 0 atom stereocenters. The molecular formula is C15H11Br2N3S. The summed E-state index contributed by atoms with van der Waals surface area (Å²) in [6, 6.07) is 12.1. The molecule has 0 fully saturated rings. The molecule has 0 aliphatic heterocycles. The van der Waals surface area contributed by atoms with E-state index in [0.29, 0.717) is 0 Å². The molecule has 0 unspecified atom stereocenters. The summed E-state index contributed by atoms with van der Waals surface area (Å²) in [5, 5.41) is 3.32. The molecule has 3 nitrogen and oxygen atoms in total. The first kappa shape index (κ1) is 14.7. The number of benzene rings is 1. The zero-order valence-electron chi connectivity index (χ0n) is 10.9. The van der Waals surface area contributed by atoms with Crippen LogP contribution in [0, 0.1) is 0 Å². The fourth-order valence-electron chi connectivity index (χ4n) is 1.82. The van der Waals surface area contributed by atoms with Crippen LogP contribution in [0.5, 0.6) is 0 Å². The highest BCUT2D eigenvalue weighted by molar-refractivity contribution is 9.13. The van der Waals surface area contributed by atoms with Gasteiger partial charge in [0.1, 0.15) is 0 Å². The van der Waals surface area contributed by atoms with Crippen LogP contribution in [0.25, 0.3) is 11.4 Å². The number of halogens is 2. The summed E-state index contributed by atoms with van der Waals surface area (Å²) in [5.41, 5.74) is 1.94. The first-order chi connectivity index (χ1) is 10.2. The fourth-order valence-corrected chi connectivity index (χ4v) is 3.94. The van der Waals surface area contributed by atoms with Crippen LogP contribution < -0.4 is 5.32 Å². The fraction of sp³-hybridized carbons (Fsp3) is 0.0667. The Bertz CT molecular complexity index is 707. The van der Waals surface area contributed by atoms with Crippen molar-refractivity contribution in [3.05, 3.63) is 61.9 Å². The number of hydrogen-bond acceptors (Lipinski definition) is 4. The van der Waals surface area contributed by atoms with Gasteiger partial charge in [-0.3, -0.25) is 0 Å². The molecule has 0 amide bonds. The maximum absolute atomic E-state index is 4.40. The van der Waals surface area contributed by atoms with Gasteiger partial charge in [-0.1, -0.05) is 30.3 Å². The number of rotatable bonds is 4. The molecular weight excluding hydrogens is 414 g/mol. The van der Waals surface area contributed by atoms with Crippen molar-refractivity contribution < 1.29 is 0 Å². The first-order valence-electron chi connectivity index (χ1n) is 6.27. The van der Waals surface area contributed by atoms with Crippen molar-refractivity contribution in [1.82, 2.24) is 9.97 Å². The second-order valence-corrected chi connectivity index (χ2v) is 7.66. The van der Waals surface area contributed by atoms with E-state index in [1.165, 1.54) is 4.88 Å². The quantitative estimate of drug-likeness (QED) is 0.613. The molecule has 106 valence electrons. The summed E-state index contributed by atoms with van der Waals surface area (Å²) in [4.78, 5) is 10.0. The third kappa shape index (κ3) is 3.70. The van der Waals surface area contributed by atoms with Crippen LogP contribution in [0.4, 0.5) is 5.69 Å². The topological polar surface area (TPSA) is 37.8 Å². The number of nitrogens with one attached hydrogen (secondary N) is 1. The molecule has 0 aliphatic rings. The lowest BCUT2D eigenvalue weighted by atomic mass is 10.2. The van der Waals surface area contributed by atoms with Crippen LogP contribution >= 0.6 is 43.2 Å². The first-order valence-corrected chi connectivity index (χ1v) is 8.67. The Morgan fingerprint density at radius 2 is 1.76 bits per heavy atom. The van der Waals surface area contributed by atoms with Crippen molar-refractivity contribution in [2.45, 2.75) is 6.54 Å². The lowest BCUT2D eigenvalue weighted by Gasteiger charge is -2.05. The van der Waals surface area contributed by atoms with Gasteiger partial charge in [0.15, 0.2) is 5.82 Å². The summed E-state index contributed by atoms with van der Waals surface area (Å²) in [6.45, 7) is 0.753. The van der Waals surface area contributed by atoms with Gasteiger partial charge in [0.2, 0.25) is 0 Å². The Labute approximate surface area is 143 Å². The molecule has 0 spiro atoms.